The van der Waals surface area contributed by atoms with Gasteiger partial charge in [-0.15, -0.1) is 0 Å². The van der Waals surface area contributed by atoms with Gasteiger partial charge in [0, 0.05) is 29.4 Å². The van der Waals surface area contributed by atoms with Crippen molar-refractivity contribution in [2.75, 3.05) is 26.6 Å². The van der Waals surface area contributed by atoms with Crippen molar-refractivity contribution in [2.45, 2.75) is 6.54 Å². The van der Waals surface area contributed by atoms with E-state index in [0.717, 1.165) is 11.3 Å². The lowest BCUT2D eigenvalue weighted by Crippen LogP contribution is -2.19. The van der Waals surface area contributed by atoms with Crippen LogP contribution in [0.25, 0.3) is 11.4 Å². The average Bonchev–Trinajstić information content (AvgIpc) is 3.07. The van der Waals surface area contributed by atoms with Gasteiger partial charge < -0.3 is 19.5 Å². The van der Waals surface area contributed by atoms with Crippen molar-refractivity contribution in [3.05, 3.63) is 47.2 Å². The highest BCUT2D eigenvalue weighted by Crippen LogP contribution is 2.26. The van der Waals surface area contributed by atoms with Crippen molar-refractivity contribution >= 4 is 23.8 Å². The van der Waals surface area contributed by atoms with Gasteiger partial charge in [-0.1, -0.05) is 0 Å². The van der Waals surface area contributed by atoms with E-state index < -0.39 is 0 Å². The molecule has 0 radical (unpaired) electrons. The quantitative estimate of drug-likeness (QED) is 0.592. The molecule has 0 fully saturated rings. The van der Waals surface area contributed by atoms with Crippen molar-refractivity contribution in [1.29, 1.82) is 0 Å². The van der Waals surface area contributed by atoms with E-state index in [1.165, 1.54) is 0 Å². The lowest BCUT2D eigenvalue weighted by molar-refractivity contribution is -0.116. The van der Waals surface area contributed by atoms with Crippen molar-refractivity contribution in [1.82, 2.24) is 14.8 Å². The highest BCUT2D eigenvalue weighted by atomic mass is 32.1. The Balaban J connectivity index is 1.81. The predicted molar refractivity (Wildman–Crippen MR) is 108 cm³/mol. The molecule has 28 heavy (non-hydrogen) atoms. The van der Waals surface area contributed by atoms with Gasteiger partial charge in [-0.2, -0.15) is 5.10 Å². The van der Waals surface area contributed by atoms with E-state index >= 15 is 0 Å². The molecule has 0 aliphatic carbocycles. The fraction of sp³-hybridized carbons (Fsp3) is 0.211. The first-order chi connectivity index (χ1) is 13.5. The van der Waals surface area contributed by atoms with Crippen LogP contribution in [0, 0.1) is 4.77 Å². The van der Waals surface area contributed by atoms with E-state index in [9.17, 15) is 4.79 Å². The lowest BCUT2D eigenvalue weighted by atomic mass is 10.2. The van der Waals surface area contributed by atoms with Crippen LogP contribution in [0.2, 0.25) is 0 Å². The molecule has 0 spiro atoms. The van der Waals surface area contributed by atoms with Crippen molar-refractivity contribution in [2.24, 2.45) is 0 Å². The number of aromatic nitrogens is 3. The SMILES string of the molecule is COc1ccc(-c2n[nH]c(=S)n2CC(=O)Nc2cc(OC)cc(OC)c2)cc1. The fourth-order valence-electron chi connectivity index (χ4n) is 2.65. The zero-order chi connectivity index (χ0) is 20.1. The molecule has 0 aliphatic rings. The van der Waals surface area contributed by atoms with Gasteiger partial charge in [0.25, 0.3) is 0 Å². The second-order valence-electron chi connectivity index (χ2n) is 5.82. The largest absolute Gasteiger partial charge is 0.497 e. The highest BCUT2D eigenvalue weighted by molar-refractivity contribution is 7.71. The lowest BCUT2D eigenvalue weighted by Gasteiger charge is -2.11. The number of amides is 1. The third kappa shape index (κ3) is 4.32. The number of anilines is 1. The molecule has 146 valence electrons. The third-order valence-electron chi connectivity index (χ3n) is 4.04. The predicted octanol–water partition coefficient (Wildman–Crippen LogP) is 3.27. The Kier molecular flexibility index (Phi) is 5.95. The molecular weight excluding hydrogens is 380 g/mol. The van der Waals surface area contributed by atoms with E-state index in [1.54, 1.807) is 44.1 Å². The Hall–Kier alpha value is -3.33. The molecule has 9 heteroatoms. The van der Waals surface area contributed by atoms with Gasteiger partial charge in [-0.05, 0) is 36.5 Å². The first-order valence-corrected chi connectivity index (χ1v) is 8.77. The van der Waals surface area contributed by atoms with Gasteiger partial charge >= 0.3 is 0 Å². The number of benzene rings is 2. The van der Waals surface area contributed by atoms with Gasteiger partial charge in [0.1, 0.15) is 23.8 Å². The summed E-state index contributed by atoms with van der Waals surface area (Å²) in [6.07, 6.45) is 0. The molecule has 0 bridgehead atoms. The number of rotatable bonds is 7. The molecule has 2 N–H and O–H groups in total. The first-order valence-electron chi connectivity index (χ1n) is 8.36. The van der Waals surface area contributed by atoms with Gasteiger partial charge in [-0.3, -0.25) is 14.5 Å². The summed E-state index contributed by atoms with van der Waals surface area (Å²) < 4.78 is 17.6. The number of nitrogens with zero attached hydrogens (tertiary/aromatic N) is 2. The first kappa shape index (κ1) is 19.4. The number of carbonyl (C=O) groups is 1. The summed E-state index contributed by atoms with van der Waals surface area (Å²) in [7, 11) is 4.70. The molecule has 3 aromatic rings. The molecule has 1 heterocycles. The second-order valence-corrected chi connectivity index (χ2v) is 6.20. The standard InChI is InChI=1S/C19H20N4O4S/c1-25-14-6-4-12(5-7-14)18-21-22-19(28)23(18)11-17(24)20-13-8-15(26-2)10-16(9-13)27-3/h4-10H,11H2,1-3H3,(H,20,24)(H,22,28). The third-order valence-corrected chi connectivity index (χ3v) is 4.36. The van der Waals surface area contributed by atoms with E-state index in [1.807, 2.05) is 24.3 Å². The average molecular weight is 400 g/mol. The van der Waals surface area contributed by atoms with Crippen LogP contribution in [0.15, 0.2) is 42.5 Å². The molecule has 0 aliphatic heterocycles. The number of nitrogens with one attached hydrogen (secondary N) is 2. The van der Waals surface area contributed by atoms with E-state index in [0.29, 0.717) is 27.8 Å². The monoisotopic (exact) mass is 400 g/mol. The molecule has 0 atom stereocenters. The Labute approximate surface area is 167 Å². The van der Waals surface area contributed by atoms with E-state index in [2.05, 4.69) is 15.5 Å². The van der Waals surface area contributed by atoms with Crippen LogP contribution in [0.3, 0.4) is 0 Å². The van der Waals surface area contributed by atoms with Crippen molar-refractivity contribution in [3.63, 3.8) is 0 Å². The Morgan fingerprint density at radius 2 is 1.64 bits per heavy atom. The van der Waals surface area contributed by atoms with Gasteiger partial charge in [0.2, 0.25) is 5.91 Å². The topological polar surface area (TPSA) is 90.4 Å². The number of methoxy groups -OCH3 is 3. The summed E-state index contributed by atoms with van der Waals surface area (Å²) in [5.74, 6) is 2.18. The molecule has 1 aromatic heterocycles. The fourth-order valence-corrected chi connectivity index (χ4v) is 2.85. The van der Waals surface area contributed by atoms with Crippen LogP contribution in [0.1, 0.15) is 0 Å². The number of ether oxygens (including phenoxy) is 3. The summed E-state index contributed by atoms with van der Waals surface area (Å²) in [6, 6.07) is 12.5. The van der Waals surface area contributed by atoms with Crippen LogP contribution in [-0.2, 0) is 11.3 Å². The van der Waals surface area contributed by atoms with Crippen LogP contribution < -0.4 is 19.5 Å². The minimum Gasteiger partial charge on any atom is -0.497 e. The maximum Gasteiger partial charge on any atom is 0.244 e. The smallest absolute Gasteiger partial charge is 0.244 e. The Morgan fingerprint density at radius 3 is 2.21 bits per heavy atom. The number of carbonyl (C=O) groups excluding carboxylic acids is 1. The van der Waals surface area contributed by atoms with Gasteiger partial charge in [0.05, 0.1) is 21.3 Å². The summed E-state index contributed by atoms with van der Waals surface area (Å²) in [4.78, 5) is 12.6. The van der Waals surface area contributed by atoms with E-state index in [4.69, 9.17) is 26.4 Å². The van der Waals surface area contributed by atoms with Gasteiger partial charge in [0.15, 0.2) is 10.6 Å². The van der Waals surface area contributed by atoms with Crippen molar-refractivity contribution in [3.8, 4) is 28.6 Å². The molecule has 1 amide bonds. The summed E-state index contributed by atoms with van der Waals surface area (Å²) in [5, 5.41) is 9.80. The zero-order valence-corrected chi connectivity index (χ0v) is 16.5. The zero-order valence-electron chi connectivity index (χ0n) is 15.7. The van der Waals surface area contributed by atoms with E-state index in [-0.39, 0.29) is 12.5 Å². The number of hydrogen-bond acceptors (Lipinski definition) is 6. The Morgan fingerprint density at radius 1 is 1.04 bits per heavy atom. The minimum atomic E-state index is -0.262. The van der Waals surface area contributed by atoms with Crippen LogP contribution >= 0.6 is 12.2 Å². The normalized spacial score (nSPS) is 10.4. The molecule has 2 aromatic carbocycles. The summed E-state index contributed by atoms with van der Waals surface area (Å²) in [6.45, 7) is -0.00375. The highest BCUT2D eigenvalue weighted by Gasteiger charge is 2.13. The Bertz CT molecular complexity index is 1000. The minimum absolute atomic E-state index is 0.00375. The molecule has 0 unspecified atom stereocenters. The number of H-pyrrole nitrogens is 1. The maximum absolute atomic E-state index is 12.6. The summed E-state index contributed by atoms with van der Waals surface area (Å²) in [5.41, 5.74) is 1.37. The van der Waals surface area contributed by atoms with Crippen LogP contribution in [-0.4, -0.2) is 42.0 Å². The molecule has 0 saturated heterocycles. The second kappa shape index (κ2) is 8.57. The number of aromatic amines is 1. The molecule has 8 nitrogen and oxygen atoms in total. The van der Waals surface area contributed by atoms with Gasteiger partial charge in [-0.25, -0.2) is 0 Å². The number of hydrogen-bond donors (Lipinski definition) is 2. The molecule has 0 saturated carbocycles. The van der Waals surface area contributed by atoms with Crippen LogP contribution in [0.5, 0.6) is 17.2 Å². The maximum atomic E-state index is 12.6. The summed E-state index contributed by atoms with van der Waals surface area (Å²) >= 11 is 5.28. The molecular formula is C19H20N4O4S. The van der Waals surface area contributed by atoms with Crippen LogP contribution in [0.4, 0.5) is 5.69 Å². The molecule has 3 rings (SSSR count). The van der Waals surface area contributed by atoms with Crippen molar-refractivity contribution < 1.29 is 19.0 Å².